The highest BCUT2D eigenvalue weighted by Gasteiger charge is 2.32. The van der Waals surface area contributed by atoms with Crippen LogP contribution in [0.3, 0.4) is 0 Å². The maximum Gasteiger partial charge on any atom is 0.241 e. The molecule has 1 aromatic rings. The van der Waals surface area contributed by atoms with Gasteiger partial charge >= 0.3 is 0 Å². The Morgan fingerprint density at radius 2 is 1.65 bits per heavy atom. The summed E-state index contributed by atoms with van der Waals surface area (Å²) in [4.78, 5) is 0.138. The van der Waals surface area contributed by atoms with Crippen LogP contribution in [0.2, 0.25) is 0 Å². The number of sulfonamides is 1. The van der Waals surface area contributed by atoms with Gasteiger partial charge in [0.15, 0.2) is 0 Å². The topological polar surface area (TPSA) is 72.2 Å². The molecule has 1 aromatic carbocycles. The predicted octanol–water partition coefficient (Wildman–Crippen LogP) is 2.24. The molecule has 0 radical (unpaired) electrons. The minimum absolute atomic E-state index is 0.138. The van der Waals surface area contributed by atoms with E-state index in [-0.39, 0.29) is 11.4 Å². The Balaban J connectivity index is 3.32. The van der Waals surface area contributed by atoms with Crippen LogP contribution in [0, 0.1) is 19.7 Å². The van der Waals surface area contributed by atoms with Crippen LogP contribution in [-0.4, -0.2) is 20.5 Å². The Morgan fingerprint density at radius 1 is 1.20 bits per heavy atom. The second kappa shape index (κ2) is 6.20. The van der Waals surface area contributed by atoms with Gasteiger partial charge in [0, 0.05) is 12.1 Å². The summed E-state index contributed by atoms with van der Waals surface area (Å²) >= 11 is 0. The number of benzene rings is 1. The Labute approximate surface area is 120 Å². The van der Waals surface area contributed by atoms with Crippen molar-refractivity contribution >= 4 is 10.0 Å². The molecular formula is C14H23FN2O2S. The summed E-state index contributed by atoms with van der Waals surface area (Å²) in [5.41, 5.74) is 5.86. The maximum atomic E-state index is 13.3. The summed E-state index contributed by atoms with van der Waals surface area (Å²) in [6, 6.07) is 2.45. The predicted molar refractivity (Wildman–Crippen MR) is 78.6 cm³/mol. The zero-order valence-corrected chi connectivity index (χ0v) is 13.3. The molecule has 0 bridgehead atoms. The molecule has 114 valence electrons. The molecule has 0 aliphatic rings. The number of hydrogen-bond acceptors (Lipinski definition) is 3. The average molecular weight is 302 g/mol. The quantitative estimate of drug-likeness (QED) is 0.846. The van der Waals surface area contributed by atoms with E-state index in [9.17, 15) is 12.8 Å². The largest absolute Gasteiger partial charge is 0.329 e. The second-order valence-electron chi connectivity index (χ2n) is 5.17. The lowest BCUT2D eigenvalue weighted by Crippen LogP contribution is -2.52. The van der Waals surface area contributed by atoms with Crippen LogP contribution in [0.15, 0.2) is 17.0 Å². The summed E-state index contributed by atoms with van der Waals surface area (Å²) < 4.78 is 41.2. The third-order valence-electron chi connectivity index (χ3n) is 3.79. The monoisotopic (exact) mass is 302 g/mol. The van der Waals surface area contributed by atoms with Gasteiger partial charge in [0.2, 0.25) is 10.0 Å². The van der Waals surface area contributed by atoms with Crippen molar-refractivity contribution in [3.8, 4) is 0 Å². The lowest BCUT2D eigenvalue weighted by atomic mass is 9.95. The fourth-order valence-corrected chi connectivity index (χ4v) is 4.39. The fourth-order valence-electron chi connectivity index (χ4n) is 2.38. The zero-order chi connectivity index (χ0) is 15.6. The van der Waals surface area contributed by atoms with E-state index in [1.165, 1.54) is 12.1 Å². The molecule has 0 spiro atoms. The Kier molecular flexibility index (Phi) is 5.29. The molecular weight excluding hydrogens is 279 g/mol. The van der Waals surface area contributed by atoms with Crippen LogP contribution in [0.1, 0.15) is 37.8 Å². The number of hydrogen-bond donors (Lipinski definition) is 2. The minimum Gasteiger partial charge on any atom is -0.329 e. The van der Waals surface area contributed by atoms with Gasteiger partial charge in [0.05, 0.1) is 4.90 Å². The van der Waals surface area contributed by atoms with Crippen molar-refractivity contribution in [3.63, 3.8) is 0 Å². The summed E-state index contributed by atoms with van der Waals surface area (Å²) in [6.07, 6.45) is 1.19. The summed E-state index contributed by atoms with van der Waals surface area (Å²) in [6.45, 7) is 7.18. The van der Waals surface area contributed by atoms with E-state index in [0.29, 0.717) is 24.0 Å². The minimum atomic E-state index is -3.73. The van der Waals surface area contributed by atoms with Crippen molar-refractivity contribution < 1.29 is 12.8 Å². The van der Waals surface area contributed by atoms with Gasteiger partial charge in [-0.15, -0.1) is 0 Å². The standard InChI is InChI=1S/C14H23FN2O2S/c1-5-14(6-2,9-16)17-20(18,19)13-10(3)7-12(15)8-11(13)4/h7-8,17H,5-6,9,16H2,1-4H3. The van der Waals surface area contributed by atoms with Gasteiger partial charge in [-0.05, 0) is 49.9 Å². The first-order valence-corrected chi connectivity index (χ1v) is 8.20. The molecule has 1 rings (SSSR count). The van der Waals surface area contributed by atoms with Crippen molar-refractivity contribution in [2.75, 3.05) is 6.54 Å². The fraction of sp³-hybridized carbons (Fsp3) is 0.571. The SMILES string of the molecule is CCC(CC)(CN)NS(=O)(=O)c1c(C)cc(F)cc1C. The van der Waals surface area contributed by atoms with Crippen LogP contribution in [-0.2, 0) is 10.0 Å². The van der Waals surface area contributed by atoms with Crippen molar-refractivity contribution in [1.82, 2.24) is 4.72 Å². The highest BCUT2D eigenvalue weighted by molar-refractivity contribution is 7.89. The molecule has 0 amide bonds. The normalized spacial score (nSPS) is 12.7. The molecule has 0 unspecified atom stereocenters. The van der Waals surface area contributed by atoms with Crippen LogP contribution >= 0.6 is 0 Å². The van der Waals surface area contributed by atoms with E-state index >= 15 is 0 Å². The Morgan fingerprint density at radius 3 is 2.00 bits per heavy atom. The summed E-state index contributed by atoms with van der Waals surface area (Å²) in [5, 5.41) is 0. The van der Waals surface area contributed by atoms with Crippen molar-refractivity contribution in [2.24, 2.45) is 5.73 Å². The molecule has 0 fully saturated rings. The number of halogens is 1. The Bertz CT molecular complexity index is 550. The van der Waals surface area contributed by atoms with E-state index in [4.69, 9.17) is 5.73 Å². The molecule has 0 saturated heterocycles. The van der Waals surface area contributed by atoms with Crippen LogP contribution in [0.4, 0.5) is 4.39 Å². The first-order valence-electron chi connectivity index (χ1n) is 6.72. The number of rotatable bonds is 6. The highest BCUT2D eigenvalue weighted by Crippen LogP contribution is 2.24. The van der Waals surface area contributed by atoms with Crippen LogP contribution in [0.25, 0.3) is 0 Å². The molecule has 20 heavy (non-hydrogen) atoms. The van der Waals surface area contributed by atoms with Gasteiger partial charge in [0.1, 0.15) is 5.82 Å². The molecule has 0 saturated carbocycles. The van der Waals surface area contributed by atoms with E-state index < -0.39 is 21.4 Å². The molecule has 0 aliphatic heterocycles. The summed E-state index contributed by atoms with van der Waals surface area (Å²) in [7, 11) is -3.73. The number of nitrogens with two attached hydrogens (primary N) is 1. The van der Waals surface area contributed by atoms with Gasteiger partial charge in [-0.25, -0.2) is 17.5 Å². The molecule has 0 heterocycles. The van der Waals surface area contributed by atoms with Crippen molar-refractivity contribution in [3.05, 3.63) is 29.1 Å². The van der Waals surface area contributed by atoms with Crippen LogP contribution < -0.4 is 10.5 Å². The lowest BCUT2D eigenvalue weighted by molar-refractivity contribution is 0.363. The number of aryl methyl sites for hydroxylation is 2. The van der Waals surface area contributed by atoms with E-state index in [1.54, 1.807) is 13.8 Å². The van der Waals surface area contributed by atoms with Gasteiger partial charge in [-0.1, -0.05) is 13.8 Å². The van der Waals surface area contributed by atoms with Crippen molar-refractivity contribution in [1.29, 1.82) is 0 Å². The molecule has 6 heteroatoms. The van der Waals surface area contributed by atoms with E-state index in [0.717, 1.165) is 0 Å². The van der Waals surface area contributed by atoms with Gasteiger partial charge < -0.3 is 5.73 Å². The Hall–Kier alpha value is -0.980. The third-order valence-corrected chi connectivity index (χ3v) is 5.67. The molecule has 3 N–H and O–H groups in total. The second-order valence-corrected chi connectivity index (χ2v) is 6.79. The van der Waals surface area contributed by atoms with Gasteiger partial charge in [-0.2, -0.15) is 0 Å². The van der Waals surface area contributed by atoms with E-state index in [2.05, 4.69) is 4.72 Å². The average Bonchev–Trinajstić information content (AvgIpc) is 2.34. The third kappa shape index (κ3) is 3.37. The first kappa shape index (κ1) is 17.1. The highest BCUT2D eigenvalue weighted by atomic mass is 32.2. The van der Waals surface area contributed by atoms with E-state index in [1.807, 2.05) is 13.8 Å². The van der Waals surface area contributed by atoms with Crippen LogP contribution in [0.5, 0.6) is 0 Å². The van der Waals surface area contributed by atoms with Gasteiger partial charge in [-0.3, -0.25) is 0 Å². The number of nitrogens with one attached hydrogen (secondary N) is 1. The van der Waals surface area contributed by atoms with Gasteiger partial charge in [0.25, 0.3) is 0 Å². The summed E-state index contributed by atoms with van der Waals surface area (Å²) in [5.74, 6) is -0.435. The van der Waals surface area contributed by atoms with Crippen molar-refractivity contribution in [2.45, 2.75) is 51.0 Å². The molecule has 4 nitrogen and oxygen atoms in total. The maximum absolute atomic E-state index is 13.3. The molecule has 0 aromatic heterocycles. The smallest absolute Gasteiger partial charge is 0.241 e. The lowest BCUT2D eigenvalue weighted by Gasteiger charge is -2.31. The molecule has 0 atom stereocenters. The first-order chi connectivity index (χ1) is 9.21. The molecule has 0 aliphatic carbocycles. The zero-order valence-electron chi connectivity index (χ0n) is 12.5.